The van der Waals surface area contributed by atoms with Crippen molar-refractivity contribution in [3.63, 3.8) is 0 Å². The van der Waals surface area contributed by atoms with Crippen molar-refractivity contribution in [2.24, 2.45) is 0 Å². The lowest BCUT2D eigenvalue weighted by Crippen LogP contribution is -2.08. The van der Waals surface area contributed by atoms with Gasteiger partial charge in [0.05, 0.1) is 18.4 Å². The molecule has 6 heteroatoms. The highest BCUT2D eigenvalue weighted by atomic mass is 16.5. The molecule has 128 valence electrons. The van der Waals surface area contributed by atoms with Gasteiger partial charge in [0.2, 0.25) is 5.91 Å². The second-order valence-corrected chi connectivity index (χ2v) is 5.22. The second-order valence-electron chi connectivity index (χ2n) is 5.22. The summed E-state index contributed by atoms with van der Waals surface area (Å²) in [6.07, 6.45) is 2.98. The predicted molar refractivity (Wildman–Crippen MR) is 94.1 cm³/mol. The molecule has 1 amide bonds. The fourth-order valence-corrected chi connectivity index (χ4v) is 2.15. The Morgan fingerprint density at radius 3 is 2.24 bits per heavy atom. The maximum Gasteiger partial charge on any atom is 0.335 e. The average Bonchev–Trinajstić information content (AvgIpc) is 2.59. The molecule has 2 rings (SSSR count). The summed E-state index contributed by atoms with van der Waals surface area (Å²) in [5.74, 6) is -1.07. The number of benzene rings is 2. The molecule has 0 atom stereocenters. The monoisotopic (exact) mass is 339 g/mol. The van der Waals surface area contributed by atoms with Crippen molar-refractivity contribution in [1.82, 2.24) is 0 Å². The molecule has 2 N–H and O–H groups in total. The average molecular weight is 339 g/mol. The number of carboxylic acid groups (broad SMARTS) is 1. The minimum absolute atomic E-state index is 0.179. The normalized spacial score (nSPS) is 10.5. The molecule has 0 radical (unpaired) electrons. The molecule has 25 heavy (non-hydrogen) atoms. The van der Waals surface area contributed by atoms with Crippen LogP contribution in [0.2, 0.25) is 0 Å². The molecule has 0 saturated heterocycles. The SMILES string of the molecule is COc1ccc(C(=O)C=Cc2ccc(C(=O)O)cc2)cc1NC(C)=O. The van der Waals surface area contributed by atoms with Crippen molar-refractivity contribution in [3.8, 4) is 5.75 Å². The Kier molecular flexibility index (Phi) is 5.68. The number of allylic oxidation sites excluding steroid dienone is 1. The summed E-state index contributed by atoms with van der Waals surface area (Å²) in [6, 6.07) is 10.9. The van der Waals surface area contributed by atoms with Gasteiger partial charge >= 0.3 is 5.97 Å². The summed E-state index contributed by atoms with van der Waals surface area (Å²) in [5, 5.41) is 11.5. The van der Waals surface area contributed by atoms with Gasteiger partial charge in [-0.15, -0.1) is 0 Å². The first-order valence-electron chi connectivity index (χ1n) is 7.42. The van der Waals surface area contributed by atoms with Gasteiger partial charge in [-0.2, -0.15) is 0 Å². The summed E-state index contributed by atoms with van der Waals surface area (Å²) >= 11 is 0. The lowest BCUT2D eigenvalue weighted by Gasteiger charge is -2.09. The predicted octanol–water partition coefficient (Wildman–Crippen LogP) is 3.25. The van der Waals surface area contributed by atoms with Gasteiger partial charge in [0.15, 0.2) is 5.78 Å². The zero-order valence-corrected chi connectivity index (χ0v) is 13.8. The Bertz CT molecular complexity index is 837. The van der Waals surface area contributed by atoms with Crippen LogP contribution >= 0.6 is 0 Å². The molecular weight excluding hydrogens is 322 g/mol. The molecule has 0 saturated carbocycles. The molecule has 0 bridgehead atoms. The number of carboxylic acids is 1. The van der Waals surface area contributed by atoms with E-state index in [1.807, 2.05) is 0 Å². The molecule has 0 fully saturated rings. The first kappa shape index (κ1) is 17.9. The van der Waals surface area contributed by atoms with Gasteiger partial charge in [-0.05, 0) is 42.0 Å². The highest BCUT2D eigenvalue weighted by Crippen LogP contribution is 2.26. The highest BCUT2D eigenvalue weighted by molar-refractivity contribution is 6.08. The van der Waals surface area contributed by atoms with Gasteiger partial charge in [0.25, 0.3) is 0 Å². The number of rotatable bonds is 6. The van der Waals surface area contributed by atoms with Gasteiger partial charge < -0.3 is 15.2 Å². The number of ether oxygens (including phenoxy) is 1. The molecular formula is C19H17NO5. The van der Waals surface area contributed by atoms with Crippen LogP contribution in [0.5, 0.6) is 5.75 Å². The van der Waals surface area contributed by atoms with E-state index in [-0.39, 0.29) is 17.3 Å². The zero-order valence-electron chi connectivity index (χ0n) is 13.8. The summed E-state index contributed by atoms with van der Waals surface area (Å²) in [7, 11) is 1.48. The Balaban J connectivity index is 2.19. The molecule has 0 spiro atoms. The first-order valence-corrected chi connectivity index (χ1v) is 7.42. The topological polar surface area (TPSA) is 92.7 Å². The van der Waals surface area contributed by atoms with E-state index < -0.39 is 5.97 Å². The van der Waals surface area contributed by atoms with Crippen molar-refractivity contribution >= 4 is 29.4 Å². The van der Waals surface area contributed by atoms with Crippen LogP contribution in [0.1, 0.15) is 33.2 Å². The van der Waals surface area contributed by atoms with Crippen LogP contribution < -0.4 is 10.1 Å². The Labute approximate surface area is 144 Å². The van der Waals surface area contributed by atoms with Gasteiger partial charge in [-0.3, -0.25) is 9.59 Å². The third-order valence-electron chi connectivity index (χ3n) is 3.38. The summed E-state index contributed by atoms with van der Waals surface area (Å²) in [5.41, 5.74) is 1.69. The molecule has 2 aromatic carbocycles. The van der Waals surface area contributed by atoms with Crippen LogP contribution in [0.15, 0.2) is 48.5 Å². The largest absolute Gasteiger partial charge is 0.495 e. The minimum atomic E-state index is -1.00. The number of hydrogen-bond donors (Lipinski definition) is 2. The van der Waals surface area contributed by atoms with Gasteiger partial charge in [0, 0.05) is 12.5 Å². The van der Waals surface area contributed by atoms with E-state index in [0.29, 0.717) is 22.6 Å². The molecule has 0 aliphatic heterocycles. The molecule has 0 aliphatic carbocycles. The van der Waals surface area contributed by atoms with Gasteiger partial charge in [0.1, 0.15) is 5.75 Å². The molecule has 0 unspecified atom stereocenters. The van der Waals surface area contributed by atoms with Crippen LogP contribution in [0, 0.1) is 0 Å². The quantitative estimate of drug-likeness (QED) is 0.622. The van der Waals surface area contributed by atoms with Crippen LogP contribution in [0.25, 0.3) is 6.08 Å². The van der Waals surface area contributed by atoms with Crippen molar-refractivity contribution < 1.29 is 24.2 Å². The van der Waals surface area contributed by atoms with Crippen molar-refractivity contribution in [2.45, 2.75) is 6.92 Å². The van der Waals surface area contributed by atoms with E-state index in [0.717, 1.165) is 0 Å². The lowest BCUT2D eigenvalue weighted by atomic mass is 10.1. The number of anilines is 1. The first-order chi connectivity index (χ1) is 11.9. The minimum Gasteiger partial charge on any atom is -0.495 e. The van der Waals surface area contributed by atoms with Crippen LogP contribution in [-0.4, -0.2) is 29.9 Å². The van der Waals surface area contributed by atoms with Crippen LogP contribution in [-0.2, 0) is 4.79 Å². The van der Waals surface area contributed by atoms with Gasteiger partial charge in [-0.1, -0.05) is 18.2 Å². The van der Waals surface area contributed by atoms with Gasteiger partial charge in [-0.25, -0.2) is 4.79 Å². The third-order valence-corrected chi connectivity index (χ3v) is 3.38. The summed E-state index contributed by atoms with van der Waals surface area (Å²) in [4.78, 5) is 34.3. The Morgan fingerprint density at radius 2 is 1.68 bits per heavy atom. The number of methoxy groups -OCH3 is 1. The lowest BCUT2D eigenvalue weighted by molar-refractivity contribution is -0.114. The van der Waals surface area contributed by atoms with E-state index in [4.69, 9.17) is 9.84 Å². The van der Waals surface area contributed by atoms with E-state index in [2.05, 4.69) is 5.32 Å². The molecule has 0 aromatic heterocycles. The molecule has 0 aliphatic rings. The van der Waals surface area contributed by atoms with E-state index in [1.165, 1.54) is 32.2 Å². The summed E-state index contributed by atoms with van der Waals surface area (Å²) in [6.45, 7) is 1.37. The number of nitrogens with one attached hydrogen (secondary N) is 1. The van der Waals surface area contributed by atoms with E-state index in [9.17, 15) is 14.4 Å². The molecule has 2 aromatic rings. The fraction of sp³-hybridized carbons (Fsp3) is 0.105. The maximum absolute atomic E-state index is 12.3. The van der Waals surface area contributed by atoms with Crippen molar-refractivity contribution in [2.75, 3.05) is 12.4 Å². The Morgan fingerprint density at radius 1 is 1.04 bits per heavy atom. The highest BCUT2D eigenvalue weighted by Gasteiger charge is 2.09. The molecule has 6 nitrogen and oxygen atoms in total. The van der Waals surface area contributed by atoms with Crippen LogP contribution in [0.4, 0.5) is 5.69 Å². The standard InChI is InChI=1S/C19H17NO5/c1-12(21)20-16-11-15(8-10-18(16)25-2)17(22)9-5-13-3-6-14(7-4-13)19(23)24/h3-11H,1-2H3,(H,20,21)(H,23,24). The number of carbonyl (C=O) groups is 3. The smallest absolute Gasteiger partial charge is 0.335 e. The number of hydrogen-bond acceptors (Lipinski definition) is 4. The number of carbonyl (C=O) groups excluding carboxylic acids is 2. The summed E-state index contributed by atoms with van der Waals surface area (Å²) < 4.78 is 5.15. The van der Waals surface area contributed by atoms with E-state index in [1.54, 1.807) is 36.4 Å². The number of ketones is 1. The van der Waals surface area contributed by atoms with E-state index >= 15 is 0 Å². The second kappa shape index (κ2) is 7.92. The third kappa shape index (κ3) is 4.78. The van der Waals surface area contributed by atoms with Crippen LogP contribution in [0.3, 0.4) is 0 Å². The number of aromatic carboxylic acids is 1. The molecule has 0 heterocycles. The zero-order chi connectivity index (χ0) is 18.4. The number of amides is 1. The maximum atomic E-state index is 12.3. The van der Waals surface area contributed by atoms with Crippen molar-refractivity contribution in [3.05, 3.63) is 65.2 Å². The Hall–Kier alpha value is -3.41. The fourth-order valence-electron chi connectivity index (χ4n) is 2.15. The van der Waals surface area contributed by atoms with Crippen molar-refractivity contribution in [1.29, 1.82) is 0 Å².